The van der Waals surface area contributed by atoms with Crippen molar-refractivity contribution in [2.75, 3.05) is 0 Å². The van der Waals surface area contributed by atoms with Crippen LogP contribution in [0, 0.1) is 23.7 Å². The molecule has 2 aliphatic rings. The SMILES string of the molecule is Cc1ncc(CO)c(/C=N/N=C2/C[C@@H]3CC[C@@]2(C)C3(C)C)c1O. The summed E-state index contributed by atoms with van der Waals surface area (Å²) in [5.74, 6) is 0.742. The van der Waals surface area contributed by atoms with Crippen molar-refractivity contribution in [2.45, 2.75) is 53.6 Å². The Kier molecular flexibility index (Phi) is 3.79. The molecule has 0 spiro atoms. The van der Waals surface area contributed by atoms with Gasteiger partial charge in [-0.05, 0) is 37.5 Å². The van der Waals surface area contributed by atoms with Crippen LogP contribution in [0.15, 0.2) is 16.4 Å². The molecular weight excluding hydrogens is 290 g/mol. The predicted octanol–water partition coefficient (Wildman–Crippen LogP) is 3.21. The van der Waals surface area contributed by atoms with E-state index in [2.05, 4.69) is 36.0 Å². The van der Waals surface area contributed by atoms with E-state index in [-0.39, 0.29) is 23.2 Å². The zero-order chi connectivity index (χ0) is 16.8. The molecule has 0 unspecified atom stereocenters. The monoisotopic (exact) mass is 315 g/mol. The topological polar surface area (TPSA) is 78.1 Å². The molecule has 2 aliphatic carbocycles. The van der Waals surface area contributed by atoms with Gasteiger partial charge >= 0.3 is 0 Å². The number of aromatic nitrogens is 1. The molecule has 124 valence electrons. The van der Waals surface area contributed by atoms with Crippen LogP contribution in [-0.4, -0.2) is 27.1 Å². The highest BCUT2D eigenvalue weighted by atomic mass is 16.3. The Morgan fingerprint density at radius 3 is 2.70 bits per heavy atom. The number of pyridine rings is 1. The highest BCUT2D eigenvalue weighted by molar-refractivity contribution is 5.95. The third-order valence-corrected chi connectivity index (χ3v) is 6.41. The fourth-order valence-electron chi connectivity index (χ4n) is 4.16. The summed E-state index contributed by atoms with van der Waals surface area (Å²) in [7, 11) is 0. The first-order valence-corrected chi connectivity index (χ1v) is 8.20. The van der Waals surface area contributed by atoms with Crippen LogP contribution in [0.5, 0.6) is 5.75 Å². The predicted molar refractivity (Wildman–Crippen MR) is 90.8 cm³/mol. The number of nitrogens with zero attached hydrogens (tertiary/aromatic N) is 3. The maximum Gasteiger partial charge on any atom is 0.145 e. The maximum atomic E-state index is 10.1. The van der Waals surface area contributed by atoms with Gasteiger partial charge in [-0.25, -0.2) is 0 Å². The number of rotatable bonds is 3. The number of aliphatic hydroxyl groups excluding tert-OH is 1. The van der Waals surface area contributed by atoms with E-state index in [1.807, 2.05) is 0 Å². The van der Waals surface area contributed by atoms with Gasteiger partial charge in [0.1, 0.15) is 5.75 Å². The number of hydrogen-bond donors (Lipinski definition) is 2. The van der Waals surface area contributed by atoms with Gasteiger partial charge < -0.3 is 10.2 Å². The van der Waals surface area contributed by atoms with Crippen LogP contribution in [0.25, 0.3) is 0 Å². The average molecular weight is 315 g/mol. The fourth-order valence-corrected chi connectivity index (χ4v) is 4.16. The van der Waals surface area contributed by atoms with E-state index in [0.29, 0.717) is 22.7 Å². The second kappa shape index (κ2) is 5.41. The third-order valence-electron chi connectivity index (χ3n) is 6.41. The van der Waals surface area contributed by atoms with Gasteiger partial charge in [0.05, 0.1) is 18.5 Å². The Bertz CT molecular complexity index is 694. The van der Waals surface area contributed by atoms with Crippen molar-refractivity contribution in [1.29, 1.82) is 0 Å². The first-order chi connectivity index (χ1) is 10.8. The number of hydrogen-bond acceptors (Lipinski definition) is 5. The molecule has 3 rings (SSSR count). The number of aryl methyl sites for hydroxylation is 1. The molecule has 5 heteroatoms. The van der Waals surface area contributed by atoms with E-state index in [9.17, 15) is 10.2 Å². The molecule has 2 saturated carbocycles. The summed E-state index contributed by atoms with van der Waals surface area (Å²) in [5, 5.41) is 28.2. The number of fused-ring (bicyclic) bond motifs is 2. The molecule has 23 heavy (non-hydrogen) atoms. The zero-order valence-corrected chi connectivity index (χ0v) is 14.3. The lowest BCUT2D eigenvalue weighted by atomic mass is 9.70. The summed E-state index contributed by atoms with van der Waals surface area (Å²) in [6.07, 6.45) is 6.54. The van der Waals surface area contributed by atoms with Gasteiger partial charge in [-0.15, -0.1) is 0 Å². The first kappa shape index (κ1) is 16.1. The second-order valence-corrected chi connectivity index (χ2v) is 7.57. The van der Waals surface area contributed by atoms with Crippen LogP contribution in [-0.2, 0) is 6.61 Å². The van der Waals surface area contributed by atoms with Gasteiger partial charge in [0.2, 0.25) is 0 Å². The van der Waals surface area contributed by atoms with Crippen LogP contribution < -0.4 is 0 Å². The van der Waals surface area contributed by atoms with Gasteiger partial charge in [-0.2, -0.15) is 10.2 Å². The molecule has 2 N–H and O–H groups in total. The van der Waals surface area contributed by atoms with Crippen LogP contribution in [0.3, 0.4) is 0 Å². The molecule has 1 heterocycles. The number of aliphatic hydroxyl groups is 1. The van der Waals surface area contributed by atoms with Gasteiger partial charge in [0.15, 0.2) is 0 Å². The first-order valence-electron chi connectivity index (χ1n) is 8.20. The van der Waals surface area contributed by atoms with Gasteiger partial charge in [0.25, 0.3) is 0 Å². The van der Waals surface area contributed by atoms with E-state index >= 15 is 0 Å². The minimum Gasteiger partial charge on any atom is -0.505 e. The summed E-state index contributed by atoms with van der Waals surface area (Å²) >= 11 is 0. The highest BCUT2D eigenvalue weighted by Gasteiger charge is 2.59. The van der Waals surface area contributed by atoms with Gasteiger partial charge in [0, 0.05) is 28.5 Å². The molecule has 0 saturated heterocycles. The molecule has 0 aromatic carbocycles. The summed E-state index contributed by atoms with van der Waals surface area (Å²) in [6.45, 7) is 8.49. The third kappa shape index (κ3) is 2.29. The quantitative estimate of drug-likeness (QED) is 0.664. The average Bonchev–Trinajstić information content (AvgIpc) is 2.85. The van der Waals surface area contributed by atoms with Crippen LogP contribution in [0.4, 0.5) is 0 Å². The molecular formula is C18H25N3O2. The van der Waals surface area contributed by atoms with Crippen LogP contribution >= 0.6 is 0 Å². The van der Waals surface area contributed by atoms with Crippen LogP contribution in [0.2, 0.25) is 0 Å². The smallest absolute Gasteiger partial charge is 0.145 e. The minimum absolute atomic E-state index is 0.0555. The molecule has 0 aliphatic heterocycles. The van der Waals surface area contributed by atoms with Gasteiger partial charge in [-0.1, -0.05) is 20.8 Å². The van der Waals surface area contributed by atoms with Crippen molar-refractivity contribution < 1.29 is 10.2 Å². The number of aromatic hydroxyl groups is 1. The van der Waals surface area contributed by atoms with E-state index in [4.69, 9.17) is 0 Å². The fraction of sp³-hybridized carbons (Fsp3) is 0.611. The van der Waals surface area contributed by atoms with E-state index in [1.54, 1.807) is 13.1 Å². The summed E-state index contributed by atoms with van der Waals surface area (Å²) in [6, 6.07) is 0. The van der Waals surface area contributed by atoms with E-state index < -0.39 is 0 Å². The normalized spacial score (nSPS) is 30.7. The summed E-state index contributed by atoms with van der Waals surface area (Å²) in [5.41, 5.74) is 3.11. The Hall–Kier alpha value is -1.75. The Balaban J connectivity index is 1.90. The Labute approximate surface area is 137 Å². The lowest BCUT2D eigenvalue weighted by Crippen LogP contribution is -2.32. The maximum absolute atomic E-state index is 10.1. The molecule has 1 aromatic rings. The van der Waals surface area contributed by atoms with Crippen molar-refractivity contribution in [3.8, 4) is 5.75 Å². The summed E-state index contributed by atoms with van der Waals surface area (Å²) < 4.78 is 0. The van der Waals surface area contributed by atoms with E-state index in [1.165, 1.54) is 19.1 Å². The van der Waals surface area contributed by atoms with Crippen molar-refractivity contribution in [3.05, 3.63) is 23.0 Å². The minimum atomic E-state index is -0.189. The van der Waals surface area contributed by atoms with Crippen molar-refractivity contribution in [3.63, 3.8) is 0 Å². The molecule has 0 amide bonds. The zero-order valence-electron chi connectivity index (χ0n) is 14.3. The van der Waals surface area contributed by atoms with Crippen molar-refractivity contribution in [2.24, 2.45) is 27.0 Å². The van der Waals surface area contributed by atoms with Crippen LogP contribution in [0.1, 0.15) is 56.9 Å². The molecule has 0 radical (unpaired) electrons. The Morgan fingerprint density at radius 2 is 2.13 bits per heavy atom. The summed E-state index contributed by atoms with van der Waals surface area (Å²) in [4.78, 5) is 4.05. The molecule has 2 fully saturated rings. The Morgan fingerprint density at radius 1 is 1.39 bits per heavy atom. The van der Waals surface area contributed by atoms with Crippen molar-refractivity contribution in [1.82, 2.24) is 4.98 Å². The highest BCUT2D eigenvalue weighted by Crippen LogP contribution is 2.63. The lowest BCUT2D eigenvalue weighted by molar-refractivity contribution is 0.194. The standard InChI is InChI=1S/C18H25N3O2/c1-11-16(23)14(12(10-22)8-19-11)9-20-21-15-7-13-5-6-18(15,4)17(13,2)3/h8-9,13,22-23H,5-7,10H2,1-4H3/b20-9+,21-15-/t13-,18+/m0/s1. The molecule has 2 bridgehead atoms. The second-order valence-electron chi connectivity index (χ2n) is 7.57. The van der Waals surface area contributed by atoms with Gasteiger partial charge in [-0.3, -0.25) is 4.98 Å². The largest absolute Gasteiger partial charge is 0.505 e. The lowest BCUT2D eigenvalue weighted by Gasteiger charge is -2.34. The molecule has 5 nitrogen and oxygen atoms in total. The molecule has 2 atom stereocenters. The van der Waals surface area contributed by atoms with Crippen molar-refractivity contribution >= 4 is 11.9 Å². The molecule has 1 aromatic heterocycles. The van der Waals surface area contributed by atoms with E-state index in [0.717, 1.165) is 12.1 Å².